The second-order valence-corrected chi connectivity index (χ2v) is 4.31. The fourth-order valence-corrected chi connectivity index (χ4v) is 2.80. The Labute approximate surface area is 75.4 Å². The molecule has 0 aliphatic heterocycles. The molecule has 0 spiro atoms. The molecule has 0 aromatic rings. The molecule has 2 atom stereocenters. The van der Waals surface area contributed by atoms with Gasteiger partial charge in [-0.3, -0.25) is 0 Å². The maximum Gasteiger partial charge on any atom is -0.0140 e. The van der Waals surface area contributed by atoms with E-state index in [1.807, 2.05) is 0 Å². The predicted octanol–water partition coefficient (Wildman–Crippen LogP) is 3.70. The lowest BCUT2D eigenvalue weighted by atomic mass is 9.67. The molecule has 2 fully saturated rings. The summed E-state index contributed by atoms with van der Waals surface area (Å²) in [5.41, 5.74) is 3.01. The van der Waals surface area contributed by atoms with Crippen LogP contribution in [0, 0.1) is 11.8 Å². The highest BCUT2D eigenvalue weighted by atomic mass is 14.4. The Bertz CT molecular complexity index is 188. The summed E-state index contributed by atoms with van der Waals surface area (Å²) < 4.78 is 0. The van der Waals surface area contributed by atoms with Gasteiger partial charge in [-0.15, -0.1) is 0 Å². The van der Waals surface area contributed by atoms with Gasteiger partial charge in [-0.25, -0.2) is 0 Å². The van der Waals surface area contributed by atoms with Gasteiger partial charge < -0.3 is 0 Å². The first-order valence-electron chi connectivity index (χ1n) is 5.14. The van der Waals surface area contributed by atoms with Crippen molar-refractivity contribution in [3.05, 3.63) is 24.3 Å². The van der Waals surface area contributed by atoms with Gasteiger partial charge in [-0.2, -0.15) is 0 Å². The van der Waals surface area contributed by atoms with Crippen molar-refractivity contribution in [2.45, 2.75) is 38.5 Å². The van der Waals surface area contributed by atoms with E-state index < -0.39 is 0 Å². The smallest absolute Gasteiger partial charge is 0.0140 e. The molecule has 0 aromatic heterocycles. The second kappa shape index (κ2) is 3.08. The third kappa shape index (κ3) is 1.24. The van der Waals surface area contributed by atoms with Gasteiger partial charge in [-0.05, 0) is 37.5 Å². The normalized spacial score (nSPS) is 36.3. The van der Waals surface area contributed by atoms with Crippen molar-refractivity contribution in [2.75, 3.05) is 0 Å². The maximum absolute atomic E-state index is 4.19. The molecule has 0 heteroatoms. The topological polar surface area (TPSA) is 0 Å². The standard InChI is InChI=1S/C12H18/c1-9-7-8-10(2)12-6-4-3-5-11(9)12/h11-12H,1-8H2. The molecule has 2 saturated carbocycles. The van der Waals surface area contributed by atoms with Gasteiger partial charge in [0.15, 0.2) is 0 Å². The Morgan fingerprint density at radius 2 is 1.25 bits per heavy atom. The number of rotatable bonds is 0. The molecule has 2 rings (SSSR count). The van der Waals surface area contributed by atoms with Gasteiger partial charge >= 0.3 is 0 Å². The Morgan fingerprint density at radius 1 is 0.833 bits per heavy atom. The van der Waals surface area contributed by atoms with Crippen LogP contribution >= 0.6 is 0 Å². The third-order valence-corrected chi connectivity index (χ3v) is 3.58. The molecule has 0 nitrogen and oxygen atoms in total. The van der Waals surface area contributed by atoms with Crippen LogP contribution in [-0.4, -0.2) is 0 Å². The number of hydrogen-bond donors (Lipinski definition) is 0. The van der Waals surface area contributed by atoms with E-state index in [1.54, 1.807) is 0 Å². The van der Waals surface area contributed by atoms with Crippen LogP contribution in [-0.2, 0) is 0 Å². The van der Waals surface area contributed by atoms with E-state index in [0.29, 0.717) is 0 Å². The minimum Gasteiger partial charge on any atom is -0.0995 e. The van der Waals surface area contributed by atoms with E-state index in [2.05, 4.69) is 13.2 Å². The molecule has 0 aromatic carbocycles. The van der Waals surface area contributed by atoms with Crippen LogP contribution < -0.4 is 0 Å². The summed E-state index contributed by atoms with van der Waals surface area (Å²) >= 11 is 0. The lowest BCUT2D eigenvalue weighted by molar-refractivity contribution is 0.281. The van der Waals surface area contributed by atoms with Crippen molar-refractivity contribution in [3.63, 3.8) is 0 Å². The summed E-state index contributed by atoms with van der Waals surface area (Å²) in [4.78, 5) is 0. The highest BCUT2D eigenvalue weighted by molar-refractivity contribution is 5.19. The van der Waals surface area contributed by atoms with E-state index >= 15 is 0 Å². The van der Waals surface area contributed by atoms with Crippen LogP contribution in [0.5, 0.6) is 0 Å². The highest BCUT2D eigenvalue weighted by Crippen LogP contribution is 2.44. The quantitative estimate of drug-likeness (QED) is 0.476. The first-order valence-corrected chi connectivity index (χ1v) is 5.14. The van der Waals surface area contributed by atoms with Crippen molar-refractivity contribution in [1.82, 2.24) is 0 Å². The SMILES string of the molecule is C=C1CCC(=C)C2CCCCC12. The van der Waals surface area contributed by atoms with E-state index in [0.717, 1.165) is 11.8 Å². The predicted molar refractivity (Wildman–Crippen MR) is 53.0 cm³/mol. The molecule has 2 aliphatic carbocycles. The summed E-state index contributed by atoms with van der Waals surface area (Å²) in [5.74, 6) is 1.61. The number of allylic oxidation sites excluding steroid dienone is 2. The van der Waals surface area contributed by atoms with E-state index in [9.17, 15) is 0 Å². The fourth-order valence-electron chi connectivity index (χ4n) is 2.80. The van der Waals surface area contributed by atoms with Crippen LogP contribution in [0.1, 0.15) is 38.5 Å². The van der Waals surface area contributed by atoms with Crippen molar-refractivity contribution in [3.8, 4) is 0 Å². The van der Waals surface area contributed by atoms with Crippen molar-refractivity contribution < 1.29 is 0 Å². The average Bonchev–Trinajstić information content (AvgIpc) is 2.12. The zero-order valence-corrected chi connectivity index (χ0v) is 7.81. The summed E-state index contributed by atoms with van der Waals surface area (Å²) in [7, 11) is 0. The van der Waals surface area contributed by atoms with Gasteiger partial charge in [0, 0.05) is 0 Å². The molecule has 0 saturated heterocycles. The Kier molecular flexibility index (Phi) is 2.08. The van der Waals surface area contributed by atoms with Gasteiger partial charge in [0.25, 0.3) is 0 Å². The molecule has 2 aliphatic rings. The molecule has 0 bridgehead atoms. The number of hydrogen-bond acceptors (Lipinski definition) is 0. The van der Waals surface area contributed by atoms with Gasteiger partial charge in [0.1, 0.15) is 0 Å². The first-order chi connectivity index (χ1) is 5.79. The molecule has 66 valence electrons. The minimum atomic E-state index is 0.806. The van der Waals surface area contributed by atoms with Crippen LogP contribution in [0.25, 0.3) is 0 Å². The molecule has 0 N–H and O–H groups in total. The Balaban J connectivity index is 2.16. The molecule has 2 unspecified atom stereocenters. The first kappa shape index (κ1) is 8.10. The van der Waals surface area contributed by atoms with E-state index in [4.69, 9.17) is 0 Å². The molecule has 0 amide bonds. The Morgan fingerprint density at radius 3 is 1.67 bits per heavy atom. The highest BCUT2D eigenvalue weighted by Gasteiger charge is 2.31. The van der Waals surface area contributed by atoms with Gasteiger partial charge in [0.2, 0.25) is 0 Å². The largest absolute Gasteiger partial charge is 0.0995 e. The second-order valence-electron chi connectivity index (χ2n) is 4.31. The summed E-state index contributed by atoms with van der Waals surface area (Å²) in [5, 5.41) is 0. The summed E-state index contributed by atoms with van der Waals surface area (Å²) in [6.07, 6.45) is 7.99. The van der Waals surface area contributed by atoms with Crippen LogP contribution in [0.4, 0.5) is 0 Å². The zero-order chi connectivity index (χ0) is 8.55. The molecular weight excluding hydrogens is 144 g/mol. The Hall–Kier alpha value is -0.520. The minimum absolute atomic E-state index is 0.806. The molecular formula is C12H18. The van der Waals surface area contributed by atoms with Gasteiger partial charge in [0.05, 0.1) is 0 Å². The van der Waals surface area contributed by atoms with Crippen molar-refractivity contribution in [2.24, 2.45) is 11.8 Å². The average molecular weight is 162 g/mol. The fraction of sp³-hybridized carbons (Fsp3) is 0.667. The maximum atomic E-state index is 4.19. The zero-order valence-electron chi connectivity index (χ0n) is 7.81. The van der Waals surface area contributed by atoms with Crippen LogP contribution in [0.3, 0.4) is 0 Å². The summed E-state index contributed by atoms with van der Waals surface area (Å²) in [6, 6.07) is 0. The molecule has 0 radical (unpaired) electrons. The lowest BCUT2D eigenvalue weighted by Crippen LogP contribution is -2.26. The summed E-state index contributed by atoms with van der Waals surface area (Å²) in [6.45, 7) is 8.38. The van der Waals surface area contributed by atoms with Crippen molar-refractivity contribution in [1.29, 1.82) is 0 Å². The van der Waals surface area contributed by atoms with E-state index in [1.165, 1.54) is 49.7 Å². The number of fused-ring (bicyclic) bond motifs is 1. The van der Waals surface area contributed by atoms with Crippen LogP contribution in [0.2, 0.25) is 0 Å². The monoisotopic (exact) mass is 162 g/mol. The van der Waals surface area contributed by atoms with Crippen LogP contribution in [0.15, 0.2) is 24.3 Å². The lowest BCUT2D eigenvalue weighted by Gasteiger charge is -2.38. The third-order valence-electron chi connectivity index (χ3n) is 3.58. The van der Waals surface area contributed by atoms with Gasteiger partial charge in [-0.1, -0.05) is 37.1 Å². The van der Waals surface area contributed by atoms with E-state index in [-0.39, 0.29) is 0 Å². The molecule has 12 heavy (non-hydrogen) atoms. The molecule has 0 heterocycles. The van der Waals surface area contributed by atoms with Crippen molar-refractivity contribution >= 4 is 0 Å².